The predicted octanol–water partition coefficient (Wildman–Crippen LogP) is 5.87. The second-order valence-corrected chi connectivity index (χ2v) is 14.4. The third-order valence-corrected chi connectivity index (χ3v) is 12.5. The van der Waals surface area contributed by atoms with Gasteiger partial charge in [0.2, 0.25) is 5.91 Å². The molecule has 5 aliphatic rings. The number of aliphatic hydroxyl groups is 1. The van der Waals surface area contributed by atoms with Gasteiger partial charge < -0.3 is 14.9 Å². The van der Waals surface area contributed by atoms with Gasteiger partial charge in [-0.25, -0.2) is 9.97 Å². The van der Waals surface area contributed by atoms with Crippen molar-refractivity contribution < 1.29 is 9.90 Å². The topological polar surface area (TPSA) is 69.6 Å². The molecular weight excluding hydrogens is 484 g/mol. The normalized spacial score (nSPS) is 40.8. The molecule has 3 saturated carbocycles. The number of piperazine rings is 1. The zero-order chi connectivity index (χ0) is 27.4. The van der Waals surface area contributed by atoms with E-state index < -0.39 is 0 Å². The number of amides is 1. The van der Waals surface area contributed by atoms with Gasteiger partial charge in [0, 0.05) is 38.3 Å². The van der Waals surface area contributed by atoms with Crippen molar-refractivity contribution in [2.45, 2.75) is 104 Å². The first-order valence-electron chi connectivity index (χ1n) is 15.9. The van der Waals surface area contributed by atoms with Crippen molar-refractivity contribution in [2.75, 3.05) is 24.5 Å². The Balaban J connectivity index is 1.06. The molecule has 0 radical (unpaired) electrons. The molecule has 1 aromatic rings. The first-order chi connectivity index (χ1) is 18.7. The van der Waals surface area contributed by atoms with Gasteiger partial charge in [0.25, 0.3) is 0 Å². The number of carbonyl (C=O) groups is 1. The number of rotatable bonds is 5. The highest BCUT2D eigenvalue weighted by atomic mass is 16.3. The van der Waals surface area contributed by atoms with E-state index in [1.807, 2.05) is 6.07 Å². The number of aliphatic hydroxyl groups excluding tert-OH is 1. The van der Waals surface area contributed by atoms with E-state index in [1.165, 1.54) is 32.1 Å². The molecule has 0 aromatic carbocycles. The number of anilines is 1. The lowest BCUT2D eigenvalue weighted by Crippen LogP contribution is -2.54. The molecule has 6 heteroatoms. The Hall–Kier alpha value is -1.95. The highest BCUT2D eigenvalue weighted by molar-refractivity contribution is 5.77. The van der Waals surface area contributed by atoms with E-state index in [4.69, 9.17) is 0 Å². The van der Waals surface area contributed by atoms with Crippen LogP contribution in [0.5, 0.6) is 0 Å². The smallest absolute Gasteiger partial charge is 0.222 e. The summed E-state index contributed by atoms with van der Waals surface area (Å²) < 4.78 is 0. The molecule has 1 unspecified atom stereocenters. The molecule has 1 N–H and O–H groups in total. The van der Waals surface area contributed by atoms with Gasteiger partial charge in [-0.15, -0.1) is 0 Å². The van der Waals surface area contributed by atoms with Gasteiger partial charge in [0.15, 0.2) is 0 Å². The van der Waals surface area contributed by atoms with Gasteiger partial charge in [-0.1, -0.05) is 32.4 Å². The van der Waals surface area contributed by atoms with Crippen LogP contribution in [0.1, 0.15) is 91.9 Å². The number of aromatic nitrogens is 2. The zero-order valence-electron chi connectivity index (χ0n) is 24.7. The molecule has 1 saturated heterocycles. The van der Waals surface area contributed by atoms with Crippen LogP contribution in [0.25, 0.3) is 0 Å². The van der Waals surface area contributed by atoms with Crippen molar-refractivity contribution in [1.82, 2.24) is 14.9 Å². The fourth-order valence-corrected chi connectivity index (χ4v) is 10.3. The fourth-order valence-electron chi connectivity index (χ4n) is 10.3. The van der Waals surface area contributed by atoms with Crippen LogP contribution in [0.2, 0.25) is 0 Å². The summed E-state index contributed by atoms with van der Waals surface area (Å²) in [4.78, 5) is 26.2. The summed E-state index contributed by atoms with van der Waals surface area (Å²) in [7, 11) is 0. The maximum atomic E-state index is 13.4. The second-order valence-electron chi connectivity index (χ2n) is 14.4. The van der Waals surface area contributed by atoms with Gasteiger partial charge in [0.05, 0.1) is 6.10 Å². The van der Waals surface area contributed by atoms with Crippen LogP contribution in [0.15, 0.2) is 30.2 Å². The molecular formula is C33H50N4O2. The molecule has 0 spiro atoms. The van der Waals surface area contributed by atoms with Crippen molar-refractivity contribution in [1.29, 1.82) is 0 Å². The van der Waals surface area contributed by atoms with Gasteiger partial charge >= 0.3 is 0 Å². The Morgan fingerprint density at radius 2 is 2.00 bits per heavy atom. The molecule has 1 amide bonds. The van der Waals surface area contributed by atoms with E-state index in [-0.39, 0.29) is 12.1 Å². The maximum Gasteiger partial charge on any atom is 0.222 e. The summed E-state index contributed by atoms with van der Waals surface area (Å²) in [6.45, 7) is 12.2. The number of allylic oxidation sites excluding steroid dienone is 1. The summed E-state index contributed by atoms with van der Waals surface area (Å²) in [5.41, 5.74) is 2.30. The van der Waals surface area contributed by atoms with Gasteiger partial charge in [-0.2, -0.15) is 0 Å². The lowest BCUT2D eigenvalue weighted by Gasteiger charge is -2.58. The average Bonchev–Trinajstić information content (AvgIpc) is 3.29. The molecule has 0 bridgehead atoms. The molecule has 2 heterocycles. The zero-order valence-corrected chi connectivity index (χ0v) is 24.7. The Morgan fingerprint density at radius 3 is 2.77 bits per heavy atom. The Morgan fingerprint density at radius 1 is 1.15 bits per heavy atom. The SMILES string of the molecule is CC(CCC(=O)N1CCN(c2ccncn2)C[C@@H]1C)[C@H]1CC[C@H]2[C@@H]3CC=C4C[C@@H](O)CC[C@]4(C)[C@H]3CC[C@]12C. The molecule has 6 nitrogen and oxygen atoms in total. The van der Waals surface area contributed by atoms with Crippen LogP contribution in [0.4, 0.5) is 5.82 Å². The van der Waals surface area contributed by atoms with E-state index in [9.17, 15) is 9.90 Å². The molecule has 1 aliphatic heterocycles. The highest BCUT2D eigenvalue weighted by Gasteiger charge is 2.59. The molecule has 1 aromatic heterocycles. The van der Waals surface area contributed by atoms with Crippen LogP contribution in [0.3, 0.4) is 0 Å². The third-order valence-electron chi connectivity index (χ3n) is 12.5. The average molecular weight is 535 g/mol. The van der Waals surface area contributed by atoms with E-state index in [0.29, 0.717) is 29.1 Å². The van der Waals surface area contributed by atoms with Crippen LogP contribution in [0, 0.1) is 40.4 Å². The summed E-state index contributed by atoms with van der Waals surface area (Å²) in [5.74, 6) is 5.02. The van der Waals surface area contributed by atoms with E-state index >= 15 is 0 Å². The minimum Gasteiger partial charge on any atom is -0.393 e. The molecule has 39 heavy (non-hydrogen) atoms. The number of hydrogen-bond acceptors (Lipinski definition) is 5. The van der Waals surface area contributed by atoms with Crippen LogP contribution < -0.4 is 4.90 Å². The van der Waals surface area contributed by atoms with E-state index in [2.05, 4.69) is 53.5 Å². The lowest BCUT2D eigenvalue weighted by molar-refractivity contribution is -0.134. The minimum absolute atomic E-state index is 0.126. The maximum absolute atomic E-state index is 13.4. The Labute approximate surface area is 235 Å². The Kier molecular flexibility index (Phi) is 7.31. The standard InChI is InChI=1S/C33H50N4O2/c1-22(5-10-31(39)37-18-17-36(20-23(37)2)30-13-16-34-21-35-30)27-8-9-28-26-7-6-24-19-25(38)11-14-32(24,3)29(26)12-15-33(27,28)4/h6,13,16,21-23,25-29,38H,5,7-12,14-15,17-20H2,1-4H3/t22?,23-,25-,26-,27+,28-,29-,32-,33+/m0/s1. The summed E-state index contributed by atoms with van der Waals surface area (Å²) in [6, 6.07) is 2.16. The van der Waals surface area contributed by atoms with Crippen molar-refractivity contribution in [2.24, 2.45) is 40.4 Å². The number of carbonyl (C=O) groups excluding carboxylic acids is 1. The van der Waals surface area contributed by atoms with Gasteiger partial charge in [-0.05, 0) is 111 Å². The minimum atomic E-state index is -0.126. The van der Waals surface area contributed by atoms with Crippen molar-refractivity contribution in [3.05, 3.63) is 30.2 Å². The molecule has 4 fully saturated rings. The van der Waals surface area contributed by atoms with Crippen molar-refractivity contribution >= 4 is 11.7 Å². The molecule has 214 valence electrons. The molecule has 4 aliphatic carbocycles. The fraction of sp³-hybridized carbons (Fsp3) is 0.788. The summed E-state index contributed by atoms with van der Waals surface area (Å²) in [6.07, 6.45) is 17.2. The predicted molar refractivity (Wildman–Crippen MR) is 155 cm³/mol. The van der Waals surface area contributed by atoms with Gasteiger partial charge in [0.1, 0.15) is 12.1 Å². The van der Waals surface area contributed by atoms with E-state index in [0.717, 1.165) is 74.8 Å². The lowest BCUT2D eigenvalue weighted by atomic mass is 9.47. The first kappa shape index (κ1) is 27.2. The highest BCUT2D eigenvalue weighted by Crippen LogP contribution is 2.67. The molecule has 9 atom stereocenters. The van der Waals surface area contributed by atoms with Crippen LogP contribution in [-0.4, -0.2) is 57.7 Å². The monoisotopic (exact) mass is 534 g/mol. The largest absolute Gasteiger partial charge is 0.393 e. The first-order valence-corrected chi connectivity index (χ1v) is 15.9. The van der Waals surface area contributed by atoms with Gasteiger partial charge in [-0.3, -0.25) is 4.79 Å². The molecule has 6 rings (SSSR count). The van der Waals surface area contributed by atoms with Crippen molar-refractivity contribution in [3.63, 3.8) is 0 Å². The third kappa shape index (κ3) is 4.73. The van der Waals surface area contributed by atoms with Crippen LogP contribution >= 0.6 is 0 Å². The van der Waals surface area contributed by atoms with Crippen LogP contribution in [-0.2, 0) is 4.79 Å². The number of nitrogens with zero attached hydrogens (tertiary/aromatic N) is 4. The summed E-state index contributed by atoms with van der Waals surface area (Å²) >= 11 is 0. The Bertz CT molecular complexity index is 1080. The second kappa shape index (κ2) is 10.5. The number of hydrogen-bond donors (Lipinski definition) is 1. The quantitative estimate of drug-likeness (QED) is 0.479. The summed E-state index contributed by atoms with van der Waals surface area (Å²) in [5, 5.41) is 10.3. The van der Waals surface area contributed by atoms with Crippen molar-refractivity contribution in [3.8, 4) is 0 Å². The van der Waals surface area contributed by atoms with E-state index in [1.54, 1.807) is 18.1 Å². The number of fused-ring (bicyclic) bond motifs is 5.